The summed E-state index contributed by atoms with van der Waals surface area (Å²) in [5, 5.41) is 15.1. The van der Waals surface area contributed by atoms with Crippen LogP contribution in [0, 0.1) is 0 Å². The molecule has 0 N–H and O–H groups in total. The largest absolute Gasteiger partial charge is 0.0616 e. The van der Waals surface area contributed by atoms with Crippen LogP contribution in [0.25, 0.3) is 109 Å². The molecule has 0 unspecified atom stereocenters. The first-order valence-corrected chi connectivity index (χ1v) is 18.8. The molecule has 0 saturated heterocycles. The predicted molar refractivity (Wildman–Crippen MR) is 233 cm³/mol. The molecule has 0 aromatic heterocycles. The van der Waals surface area contributed by atoms with Crippen molar-refractivity contribution >= 4 is 64.6 Å². The van der Waals surface area contributed by atoms with Crippen LogP contribution >= 0.6 is 0 Å². The highest BCUT2D eigenvalue weighted by Gasteiger charge is 2.19. The number of rotatable bonds is 4. The molecule has 0 aliphatic rings. The molecule has 0 heterocycles. The Balaban J connectivity index is 1.21. The zero-order chi connectivity index (χ0) is 35.6. The summed E-state index contributed by atoms with van der Waals surface area (Å²) in [6.07, 6.45) is 0. The highest BCUT2D eigenvalue weighted by molar-refractivity contribution is 6.23. The van der Waals surface area contributed by atoms with Crippen molar-refractivity contribution in [3.05, 3.63) is 206 Å². The van der Waals surface area contributed by atoms with Gasteiger partial charge in [0, 0.05) is 0 Å². The van der Waals surface area contributed by atoms with Crippen LogP contribution in [-0.4, -0.2) is 0 Å². The second kappa shape index (κ2) is 12.3. The van der Waals surface area contributed by atoms with E-state index < -0.39 is 0 Å². The molecule has 0 nitrogen and oxygen atoms in total. The minimum atomic E-state index is 1.21. The molecule has 0 radical (unpaired) electrons. The fourth-order valence-electron chi connectivity index (χ4n) is 8.90. The van der Waals surface area contributed by atoms with E-state index in [1.165, 1.54) is 109 Å². The van der Waals surface area contributed by atoms with E-state index >= 15 is 0 Å². The van der Waals surface area contributed by atoms with E-state index in [1.807, 2.05) is 0 Å². The van der Waals surface area contributed by atoms with Gasteiger partial charge in [0.15, 0.2) is 0 Å². The van der Waals surface area contributed by atoms with Crippen molar-refractivity contribution in [2.75, 3.05) is 0 Å². The molecule has 11 aromatic rings. The second-order valence-electron chi connectivity index (χ2n) is 14.4. The Labute approximate surface area is 314 Å². The van der Waals surface area contributed by atoms with Gasteiger partial charge in [0.1, 0.15) is 0 Å². The zero-order valence-electron chi connectivity index (χ0n) is 29.6. The standard InChI is InChI=1S/C54H34/c1-3-15-38-32-41(26-24-35(38)12-1)53-49-21-9-10-22-50(49)54(42-27-25-36-13-2-4-16-39(36)33-42)52-34-40(28-29-51(52)53)44-30-31-48(47-20-8-7-19-45(44)47)46-23-11-17-37-14-5-6-18-43(37)46/h1-34H. The molecule has 0 atom stereocenters. The summed E-state index contributed by atoms with van der Waals surface area (Å²) >= 11 is 0. The highest BCUT2D eigenvalue weighted by atomic mass is 14.2. The van der Waals surface area contributed by atoms with Crippen LogP contribution in [0.4, 0.5) is 0 Å². The smallest absolute Gasteiger partial charge is 0.00259 e. The molecule has 11 rings (SSSR count). The lowest BCUT2D eigenvalue weighted by molar-refractivity contribution is 1.65. The third-order valence-electron chi connectivity index (χ3n) is 11.4. The third-order valence-corrected chi connectivity index (χ3v) is 11.4. The van der Waals surface area contributed by atoms with Crippen LogP contribution in [0.1, 0.15) is 0 Å². The normalized spacial score (nSPS) is 11.7. The number of hydrogen-bond donors (Lipinski definition) is 0. The summed E-state index contributed by atoms with van der Waals surface area (Å²) in [5.74, 6) is 0. The van der Waals surface area contributed by atoms with Gasteiger partial charge in [0.05, 0.1) is 0 Å². The van der Waals surface area contributed by atoms with Gasteiger partial charge in [-0.1, -0.05) is 188 Å². The van der Waals surface area contributed by atoms with E-state index in [0.29, 0.717) is 0 Å². The molecule has 0 spiro atoms. The van der Waals surface area contributed by atoms with E-state index in [9.17, 15) is 0 Å². The molecule has 0 heteroatoms. The minimum Gasteiger partial charge on any atom is -0.0616 e. The number of benzene rings is 11. The van der Waals surface area contributed by atoms with Crippen molar-refractivity contribution in [2.45, 2.75) is 0 Å². The summed E-state index contributed by atoms with van der Waals surface area (Å²) in [6.45, 7) is 0. The van der Waals surface area contributed by atoms with E-state index in [-0.39, 0.29) is 0 Å². The van der Waals surface area contributed by atoms with Gasteiger partial charge in [0.2, 0.25) is 0 Å². The molecule has 0 bridgehead atoms. The quantitative estimate of drug-likeness (QED) is 0.162. The molecule has 0 amide bonds. The van der Waals surface area contributed by atoms with Crippen molar-refractivity contribution in [3.63, 3.8) is 0 Å². The van der Waals surface area contributed by atoms with Gasteiger partial charge in [0.25, 0.3) is 0 Å². The Kier molecular flexibility index (Phi) is 6.97. The first kappa shape index (κ1) is 30.6. The first-order valence-electron chi connectivity index (χ1n) is 18.8. The van der Waals surface area contributed by atoms with Crippen molar-refractivity contribution in [1.82, 2.24) is 0 Å². The molecular weight excluding hydrogens is 649 g/mol. The van der Waals surface area contributed by atoms with Gasteiger partial charge >= 0.3 is 0 Å². The maximum absolute atomic E-state index is 2.45. The summed E-state index contributed by atoms with van der Waals surface area (Å²) in [5.41, 5.74) is 9.98. The Bertz CT molecular complexity index is 3270. The van der Waals surface area contributed by atoms with Crippen LogP contribution in [-0.2, 0) is 0 Å². The summed E-state index contributed by atoms with van der Waals surface area (Å²) in [4.78, 5) is 0. The molecular formula is C54H34. The fourth-order valence-corrected chi connectivity index (χ4v) is 8.90. The summed E-state index contributed by atoms with van der Waals surface area (Å²) in [7, 11) is 0. The molecule has 0 saturated carbocycles. The van der Waals surface area contributed by atoms with Gasteiger partial charge in [-0.15, -0.1) is 0 Å². The van der Waals surface area contributed by atoms with Crippen molar-refractivity contribution < 1.29 is 0 Å². The average molecular weight is 683 g/mol. The number of hydrogen-bond acceptors (Lipinski definition) is 0. The van der Waals surface area contributed by atoms with Crippen LogP contribution in [0.5, 0.6) is 0 Å². The van der Waals surface area contributed by atoms with Crippen molar-refractivity contribution in [2.24, 2.45) is 0 Å². The fraction of sp³-hybridized carbons (Fsp3) is 0. The maximum Gasteiger partial charge on any atom is -0.00259 e. The van der Waals surface area contributed by atoms with Gasteiger partial charge in [-0.3, -0.25) is 0 Å². The third kappa shape index (κ3) is 4.85. The van der Waals surface area contributed by atoms with E-state index in [4.69, 9.17) is 0 Å². The van der Waals surface area contributed by atoms with Gasteiger partial charge in [-0.2, -0.15) is 0 Å². The van der Waals surface area contributed by atoms with E-state index in [1.54, 1.807) is 0 Å². The maximum atomic E-state index is 2.45. The molecule has 250 valence electrons. The van der Waals surface area contributed by atoms with Crippen LogP contribution in [0.3, 0.4) is 0 Å². The average Bonchev–Trinajstić information content (AvgIpc) is 3.24. The van der Waals surface area contributed by atoms with Crippen LogP contribution in [0.2, 0.25) is 0 Å². The second-order valence-corrected chi connectivity index (χ2v) is 14.4. The lowest BCUT2D eigenvalue weighted by atomic mass is 9.83. The molecule has 54 heavy (non-hydrogen) atoms. The first-order chi connectivity index (χ1) is 26.8. The van der Waals surface area contributed by atoms with Crippen molar-refractivity contribution in [3.8, 4) is 44.5 Å². The molecule has 0 aliphatic heterocycles. The molecule has 0 fully saturated rings. The Morgan fingerprint density at radius 2 is 0.611 bits per heavy atom. The SMILES string of the molecule is c1ccc2cc(-c3c4ccccc4c(-c4ccc5ccccc5c4)c4cc(-c5ccc(-c6cccc7ccccc67)c6ccccc56)ccc34)ccc2c1. The van der Waals surface area contributed by atoms with Gasteiger partial charge in [-0.25, -0.2) is 0 Å². The minimum absolute atomic E-state index is 1.21. The summed E-state index contributed by atoms with van der Waals surface area (Å²) in [6, 6.07) is 76.3. The Morgan fingerprint density at radius 3 is 1.26 bits per heavy atom. The van der Waals surface area contributed by atoms with E-state index in [2.05, 4.69) is 206 Å². The Morgan fingerprint density at radius 1 is 0.185 bits per heavy atom. The van der Waals surface area contributed by atoms with E-state index in [0.717, 1.165) is 0 Å². The van der Waals surface area contributed by atoms with Crippen LogP contribution < -0.4 is 0 Å². The summed E-state index contributed by atoms with van der Waals surface area (Å²) < 4.78 is 0. The van der Waals surface area contributed by atoms with Gasteiger partial charge < -0.3 is 0 Å². The topological polar surface area (TPSA) is 0 Å². The van der Waals surface area contributed by atoms with Crippen LogP contribution in [0.15, 0.2) is 206 Å². The molecule has 11 aromatic carbocycles. The molecule has 0 aliphatic carbocycles. The zero-order valence-corrected chi connectivity index (χ0v) is 29.6. The monoisotopic (exact) mass is 682 g/mol. The van der Waals surface area contributed by atoms with Crippen molar-refractivity contribution in [1.29, 1.82) is 0 Å². The number of fused-ring (bicyclic) bond motifs is 6. The predicted octanol–water partition coefficient (Wildman–Crippen LogP) is 15.3. The van der Waals surface area contributed by atoms with Gasteiger partial charge in [-0.05, 0) is 127 Å². The lowest BCUT2D eigenvalue weighted by Crippen LogP contribution is -1.93. The lowest BCUT2D eigenvalue weighted by Gasteiger charge is -2.20. The Hall–Kier alpha value is -7.02. The highest BCUT2D eigenvalue weighted by Crippen LogP contribution is 2.47.